The summed E-state index contributed by atoms with van der Waals surface area (Å²) >= 11 is 0. The van der Waals surface area contributed by atoms with Crippen LogP contribution in [0.15, 0.2) is 91.3 Å². The first kappa shape index (κ1) is 25.7. The van der Waals surface area contributed by atoms with E-state index in [9.17, 15) is 14.4 Å². The van der Waals surface area contributed by atoms with Gasteiger partial charge in [0.15, 0.2) is 0 Å². The lowest BCUT2D eigenvalue weighted by Crippen LogP contribution is -2.35. The number of hydrogen-bond donors (Lipinski definition) is 2. The predicted octanol–water partition coefficient (Wildman–Crippen LogP) is 5.05. The molecule has 0 bridgehead atoms. The number of amides is 2. The summed E-state index contributed by atoms with van der Waals surface area (Å²) in [7, 11) is 1.38. The number of esters is 1. The summed E-state index contributed by atoms with van der Waals surface area (Å²) in [5.41, 5.74) is 6.76. The average molecular weight is 557 g/mol. The van der Waals surface area contributed by atoms with Crippen LogP contribution in [0, 0.1) is 0 Å². The van der Waals surface area contributed by atoms with Gasteiger partial charge in [-0.25, -0.2) is 4.98 Å². The molecule has 2 aliphatic rings. The molecule has 208 valence electrons. The van der Waals surface area contributed by atoms with Crippen LogP contribution in [0.5, 0.6) is 0 Å². The number of carbonyl (C=O) groups is 3. The van der Waals surface area contributed by atoms with Crippen LogP contribution in [-0.4, -0.2) is 34.4 Å². The molecule has 0 radical (unpaired) electrons. The number of ether oxygens (including phenoxy) is 1. The van der Waals surface area contributed by atoms with Gasteiger partial charge >= 0.3 is 5.97 Å². The van der Waals surface area contributed by atoms with Crippen molar-refractivity contribution in [2.45, 2.75) is 31.2 Å². The third kappa shape index (κ3) is 4.23. The van der Waals surface area contributed by atoms with E-state index in [0.717, 1.165) is 44.3 Å². The second-order valence-corrected chi connectivity index (χ2v) is 10.9. The number of pyridine rings is 1. The number of fused-ring (bicyclic) bond motifs is 4. The topological polar surface area (TPSA) is 102 Å². The van der Waals surface area contributed by atoms with Gasteiger partial charge in [0.05, 0.1) is 18.9 Å². The third-order valence-electron chi connectivity index (χ3n) is 8.41. The molecule has 0 saturated heterocycles. The number of hydrogen-bond acceptors (Lipinski definition) is 5. The Kier molecular flexibility index (Phi) is 6.12. The van der Waals surface area contributed by atoms with Gasteiger partial charge in [-0.1, -0.05) is 54.6 Å². The van der Waals surface area contributed by atoms with Crippen LogP contribution in [0.3, 0.4) is 0 Å². The largest absolute Gasteiger partial charge is 0.469 e. The van der Waals surface area contributed by atoms with Crippen LogP contribution in [-0.2, 0) is 50.3 Å². The fraction of sp³-hybridized carbons (Fsp3) is 0.176. The Hall–Kier alpha value is -5.24. The summed E-state index contributed by atoms with van der Waals surface area (Å²) in [6, 6.07) is 25.6. The van der Waals surface area contributed by atoms with Gasteiger partial charge in [-0.3, -0.25) is 14.4 Å². The maximum atomic E-state index is 13.3. The van der Waals surface area contributed by atoms with Gasteiger partial charge in [-0.2, -0.15) is 0 Å². The van der Waals surface area contributed by atoms with Gasteiger partial charge in [0.2, 0.25) is 11.8 Å². The molecule has 7 rings (SSSR count). The van der Waals surface area contributed by atoms with E-state index in [1.807, 2.05) is 89.6 Å². The number of anilines is 2. The summed E-state index contributed by atoms with van der Waals surface area (Å²) in [5.74, 6) is 0.0638. The van der Waals surface area contributed by atoms with Crippen molar-refractivity contribution in [3.8, 4) is 11.1 Å². The van der Waals surface area contributed by atoms with Crippen LogP contribution in [0.1, 0.15) is 22.3 Å². The second-order valence-electron chi connectivity index (χ2n) is 10.9. The molecule has 2 aromatic heterocycles. The average Bonchev–Trinajstić information content (AvgIpc) is 3.64. The Morgan fingerprint density at radius 2 is 1.83 bits per heavy atom. The number of benzene rings is 3. The first-order valence-corrected chi connectivity index (χ1v) is 13.9. The minimum atomic E-state index is -0.662. The Morgan fingerprint density at radius 3 is 2.67 bits per heavy atom. The van der Waals surface area contributed by atoms with Crippen molar-refractivity contribution in [3.05, 3.63) is 114 Å². The fourth-order valence-corrected chi connectivity index (χ4v) is 6.49. The Bertz CT molecular complexity index is 1890. The van der Waals surface area contributed by atoms with Crippen LogP contribution in [0.25, 0.3) is 22.0 Å². The summed E-state index contributed by atoms with van der Waals surface area (Å²) in [5, 5.41) is 6.90. The lowest BCUT2D eigenvalue weighted by molar-refractivity contribution is -0.139. The highest BCUT2D eigenvalue weighted by Crippen LogP contribution is 2.47. The molecule has 8 heteroatoms. The Balaban J connectivity index is 1.16. The zero-order valence-corrected chi connectivity index (χ0v) is 23.0. The van der Waals surface area contributed by atoms with Crippen molar-refractivity contribution in [2.24, 2.45) is 0 Å². The lowest BCUT2D eigenvalue weighted by atomic mass is 9.79. The van der Waals surface area contributed by atoms with Gasteiger partial charge < -0.3 is 19.9 Å². The van der Waals surface area contributed by atoms with Crippen molar-refractivity contribution in [2.75, 3.05) is 17.7 Å². The van der Waals surface area contributed by atoms with E-state index in [0.29, 0.717) is 24.3 Å². The van der Waals surface area contributed by atoms with E-state index < -0.39 is 5.41 Å². The van der Waals surface area contributed by atoms with Gasteiger partial charge in [0.25, 0.3) is 0 Å². The number of methoxy groups -OCH3 is 1. The van der Waals surface area contributed by atoms with Crippen LogP contribution >= 0.6 is 0 Å². The molecule has 0 fully saturated rings. The zero-order chi connectivity index (χ0) is 28.8. The molecule has 3 aromatic carbocycles. The van der Waals surface area contributed by atoms with Crippen molar-refractivity contribution >= 4 is 40.2 Å². The zero-order valence-electron chi connectivity index (χ0n) is 23.0. The highest BCUT2D eigenvalue weighted by molar-refractivity contribution is 6.06. The van der Waals surface area contributed by atoms with Gasteiger partial charge in [-0.05, 0) is 64.9 Å². The molecule has 0 saturated carbocycles. The summed E-state index contributed by atoms with van der Waals surface area (Å²) < 4.78 is 6.84. The minimum Gasteiger partial charge on any atom is -0.469 e. The van der Waals surface area contributed by atoms with Crippen molar-refractivity contribution in [1.82, 2.24) is 9.55 Å². The number of nitrogens with zero attached hydrogens (tertiary/aromatic N) is 2. The summed E-state index contributed by atoms with van der Waals surface area (Å²) in [6.07, 6.45) is 4.80. The van der Waals surface area contributed by atoms with E-state index in [4.69, 9.17) is 4.74 Å². The normalized spacial score (nSPS) is 16.7. The maximum Gasteiger partial charge on any atom is 0.310 e. The molecule has 1 unspecified atom stereocenters. The summed E-state index contributed by atoms with van der Waals surface area (Å²) in [6.45, 7) is 0.0678. The maximum absolute atomic E-state index is 13.3. The molecule has 5 aromatic rings. The Morgan fingerprint density at radius 1 is 1.00 bits per heavy atom. The van der Waals surface area contributed by atoms with Gasteiger partial charge in [-0.15, -0.1) is 0 Å². The van der Waals surface area contributed by atoms with E-state index in [1.54, 1.807) is 6.20 Å². The smallest absolute Gasteiger partial charge is 0.310 e. The van der Waals surface area contributed by atoms with E-state index in [2.05, 4.69) is 15.6 Å². The van der Waals surface area contributed by atoms with E-state index >= 15 is 0 Å². The summed E-state index contributed by atoms with van der Waals surface area (Å²) in [4.78, 5) is 43.0. The second kappa shape index (κ2) is 9.99. The first-order chi connectivity index (χ1) is 20.4. The molecule has 8 nitrogen and oxygen atoms in total. The number of carbonyl (C=O) groups excluding carboxylic acids is 3. The lowest BCUT2D eigenvalue weighted by Gasteiger charge is -2.20. The Labute approximate surface area is 242 Å². The van der Waals surface area contributed by atoms with Crippen molar-refractivity contribution in [1.29, 1.82) is 0 Å². The monoisotopic (exact) mass is 556 g/mol. The molecular weight excluding hydrogens is 528 g/mol. The van der Waals surface area contributed by atoms with Gasteiger partial charge in [0, 0.05) is 34.5 Å². The number of rotatable bonds is 6. The molecular formula is C34H28N4O4. The minimum absolute atomic E-state index is 0.0323. The number of nitrogens with one attached hydrogen (secondary N) is 2. The van der Waals surface area contributed by atoms with Gasteiger partial charge in [0.1, 0.15) is 12.4 Å². The molecule has 2 amide bonds. The highest BCUT2D eigenvalue weighted by Gasteiger charge is 2.51. The molecule has 3 heterocycles. The highest BCUT2D eigenvalue weighted by atomic mass is 16.5. The van der Waals surface area contributed by atoms with E-state index in [-0.39, 0.29) is 30.7 Å². The standard InChI is InChI=1S/C34H28N4O4/c1-42-30(40)16-24-19-38(28-11-5-9-26(31(24)28)21-7-3-2-4-8-21)20-29(39)36-25-13-12-22-17-34(18-23(22)15-25)27-10-6-14-35-32(27)37-33(34)41/h2-15,19H,16-18,20H2,1H3,(H,36,39)(H,35,37,41). The molecule has 1 spiro atoms. The van der Waals surface area contributed by atoms with Crippen molar-refractivity contribution in [3.63, 3.8) is 0 Å². The van der Waals surface area contributed by atoms with Crippen LogP contribution in [0.2, 0.25) is 0 Å². The van der Waals surface area contributed by atoms with Crippen LogP contribution < -0.4 is 10.6 Å². The molecule has 2 N–H and O–H groups in total. The SMILES string of the molecule is COC(=O)Cc1cn(CC(=O)Nc2ccc3c(c2)CC2(C3)C(=O)Nc3ncccc32)c2cccc(-c3ccccc3)c12. The molecule has 42 heavy (non-hydrogen) atoms. The van der Waals surface area contributed by atoms with Crippen molar-refractivity contribution < 1.29 is 19.1 Å². The molecule has 1 aliphatic heterocycles. The van der Waals surface area contributed by atoms with Crippen LogP contribution in [0.4, 0.5) is 11.5 Å². The molecule has 1 aliphatic carbocycles. The number of aromatic nitrogens is 2. The predicted molar refractivity (Wildman–Crippen MR) is 160 cm³/mol. The fourth-order valence-electron chi connectivity index (χ4n) is 6.49. The quantitative estimate of drug-likeness (QED) is 0.285. The third-order valence-corrected chi connectivity index (χ3v) is 8.41. The van der Waals surface area contributed by atoms with E-state index in [1.165, 1.54) is 7.11 Å². The first-order valence-electron chi connectivity index (χ1n) is 13.9. The molecule has 1 atom stereocenters.